The molecule has 0 atom stereocenters. The smallest absolute Gasteiger partial charge is 0.116 e. The minimum Gasteiger partial charge on any atom is -0.309 e. The molecule has 8 rings (SSSR count). The molecule has 0 radical (unpaired) electrons. The average molecular weight is 524 g/mol. The topological polar surface area (TPSA) is 30.7 Å². The van der Waals surface area contributed by atoms with Crippen LogP contribution in [0.1, 0.15) is 0 Å². The lowest BCUT2D eigenvalue weighted by atomic mass is 9.94. The molecular weight excluding hydrogens is 498 g/mol. The van der Waals surface area contributed by atoms with Crippen LogP contribution in [-0.4, -0.2) is 14.5 Å². The van der Waals surface area contributed by atoms with Crippen molar-refractivity contribution in [3.63, 3.8) is 0 Å². The van der Waals surface area contributed by atoms with E-state index in [1.807, 2.05) is 12.3 Å². The number of nitrogens with zero attached hydrogens (tertiary/aromatic N) is 3. The number of hydrogen-bond acceptors (Lipinski definition) is 2. The van der Waals surface area contributed by atoms with Gasteiger partial charge in [-0.2, -0.15) is 0 Å². The Morgan fingerprint density at radius 2 is 1.00 bits per heavy atom. The maximum absolute atomic E-state index is 4.57. The fourth-order valence-corrected chi connectivity index (χ4v) is 5.97. The number of hydrogen-bond donors (Lipinski definition) is 0. The van der Waals surface area contributed by atoms with Gasteiger partial charge in [-0.3, -0.25) is 0 Å². The predicted octanol–water partition coefficient (Wildman–Crippen LogP) is 9.73. The Morgan fingerprint density at radius 1 is 0.439 bits per heavy atom. The Bertz CT molecular complexity index is 2120. The molecule has 2 aromatic heterocycles. The zero-order chi connectivity index (χ0) is 27.2. The summed E-state index contributed by atoms with van der Waals surface area (Å²) in [5, 5.41) is 3.60. The highest BCUT2D eigenvalue weighted by Crippen LogP contribution is 2.35. The van der Waals surface area contributed by atoms with E-state index in [-0.39, 0.29) is 0 Å². The second-order valence-electron chi connectivity index (χ2n) is 10.3. The third kappa shape index (κ3) is 3.98. The van der Waals surface area contributed by atoms with Crippen LogP contribution in [0, 0.1) is 0 Å². The van der Waals surface area contributed by atoms with Crippen LogP contribution in [-0.2, 0) is 0 Å². The lowest BCUT2D eigenvalue weighted by molar-refractivity contribution is 1.18. The first kappa shape index (κ1) is 23.4. The van der Waals surface area contributed by atoms with Crippen molar-refractivity contribution in [1.82, 2.24) is 14.5 Å². The quantitative estimate of drug-likeness (QED) is 0.230. The number of para-hydroxylation sites is 2. The van der Waals surface area contributed by atoms with E-state index in [2.05, 4.69) is 148 Å². The number of benzene rings is 6. The summed E-state index contributed by atoms with van der Waals surface area (Å²) in [5.41, 5.74) is 11.5. The largest absolute Gasteiger partial charge is 0.309 e. The Kier molecular flexibility index (Phi) is 5.46. The summed E-state index contributed by atoms with van der Waals surface area (Å²) in [7, 11) is 0. The molecule has 8 aromatic rings. The van der Waals surface area contributed by atoms with Crippen LogP contribution < -0.4 is 0 Å². The molecule has 0 bridgehead atoms. The van der Waals surface area contributed by atoms with E-state index in [4.69, 9.17) is 0 Å². The first-order chi connectivity index (χ1) is 20.3. The van der Waals surface area contributed by atoms with Crippen LogP contribution in [0.2, 0.25) is 0 Å². The monoisotopic (exact) mass is 523 g/mol. The lowest BCUT2D eigenvalue weighted by Gasteiger charge is -2.12. The van der Waals surface area contributed by atoms with Gasteiger partial charge in [0.25, 0.3) is 0 Å². The van der Waals surface area contributed by atoms with Crippen LogP contribution in [0.5, 0.6) is 0 Å². The molecule has 0 saturated heterocycles. The first-order valence-corrected chi connectivity index (χ1v) is 13.8. The molecule has 0 saturated carbocycles. The van der Waals surface area contributed by atoms with E-state index >= 15 is 0 Å². The predicted molar refractivity (Wildman–Crippen MR) is 170 cm³/mol. The highest BCUT2D eigenvalue weighted by Gasteiger charge is 2.12. The van der Waals surface area contributed by atoms with Crippen molar-refractivity contribution in [3.05, 3.63) is 152 Å². The lowest BCUT2D eigenvalue weighted by Crippen LogP contribution is -1.93. The zero-order valence-corrected chi connectivity index (χ0v) is 22.3. The molecule has 0 N–H and O–H groups in total. The van der Waals surface area contributed by atoms with E-state index in [1.54, 1.807) is 6.33 Å². The molecule has 0 fully saturated rings. The van der Waals surface area contributed by atoms with Crippen LogP contribution in [0.15, 0.2) is 152 Å². The van der Waals surface area contributed by atoms with Crippen LogP contribution in [0.3, 0.4) is 0 Å². The standard InChI is InChI=1S/C38H25N3/c1-2-8-26(9-3-1)30-22-34(35-24-39-25-40-36(35)23-30)29-16-14-27(15-17-29)28-18-20-31(21-19-28)41-37-12-6-4-10-32(37)33-11-5-7-13-38(33)41/h1-25H. The number of rotatable bonds is 4. The van der Waals surface area contributed by atoms with Crippen molar-refractivity contribution in [3.8, 4) is 39.1 Å². The van der Waals surface area contributed by atoms with Crippen LogP contribution in [0.25, 0.3) is 71.8 Å². The Morgan fingerprint density at radius 3 is 1.68 bits per heavy atom. The van der Waals surface area contributed by atoms with E-state index < -0.39 is 0 Å². The van der Waals surface area contributed by atoms with Crippen molar-refractivity contribution < 1.29 is 0 Å². The molecule has 2 heterocycles. The second-order valence-corrected chi connectivity index (χ2v) is 10.3. The van der Waals surface area contributed by atoms with E-state index in [0.717, 1.165) is 33.3 Å². The van der Waals surface area contributed by atoms with Crippen LogP contribution in [0.4, 0.5) is 0 Å². The van der Waals surface area contributed by atoms with Crippen molar-refractivity contribution >= 4 is 32.7 Å². The summed E-state index contributed by atoms with van der Waals surface area (Å²) in [6, 6.07) is 49.8. The zero-order valence-electron chi connectivity index (χ0n) is 22.3. The SMILES string of the molecule is c1ccc(-c2cc(-c3ccc(-c4ccc(-n5c6ccccc6c6ccccc65)cc4)cc3)c3cncnc3c2)cc1. The van der Waals surface area contributed by atoms with Gasteiger partial charge in [-0.05, 0) is 69.8 Å². The fourth-order valence-electron chi connectivity index (χ4n) is 5.97. The minimum absolute atomic E-state index is 0.945. The van der Waals surface area contributed by atoms with Crippen LogP contribution >= 0.6 is 0 Å². The van der Waals surface area contributed by atoms with Gasteiger partial charge in [0.2, 0.25) is 0 Å². The molecule has 3 nitrogen and oxygen atoms in total. The Labute approximate surface area is 238 Å². The fraction of sp³-hybridized carbons (Fsp3) is 0. The van der Waals surface area contributed by atoms with Gasteiger partial charge in [0.1, 0.15) is 6.33 Å². The minimum atomic E-state index is 0.945. The molecule has 3 heteroatoms. The molecule has 0 unspecified atom stereocenters. The molecule has 0 amide bonds. The maximum Gasteiger partial charge on any atom is 0.116 e. The summed E-state index contributed by atoms with van der Waals surface area (Å²) in [4.78, 5) is 8.89. The van der Waals surface area contributed by atoms with Crippen molar-refractivity contribution in [2.75, 3.05) is 0 Å². The summed E-state index contributed by atoms with van der Waals surface area (Å²) < 4.78 is 2.35. The summed E-state index contributed by atoms with van der Waals surface area (Å²) >= 11 is 0. The van der Waals surface area contributed by atoms with Crippen molar-refractivity contribution in [2.45, 2.75) is 0 Å². The molecule has 192 valence electrons. The maximum atomic E-state index is 4.57. The third-order valence-corrected chi connectivity index (χ3v) is 7.97. The molecule has 0 aliphatic carbocycles. The highest BCUT2D eigenvalue weighted by atomic mass is 15.0. The Hall–Kier alpha value is -5.54. The van der Waals surface area contributed by atoms with E-state index in [0.29, 0.717) is 0 Å². The van der Waals surface area contributed by atoms with Gasteiger partial charge in [0.15, 0.2) is 0 Å². The van der Waals surface area contributed by atoms with Gasteiger partial charge in [0, 0.05) is 28.0 Å². The van der Waals surface area contributed by atoms with Gasteiger partial charge in [-0.1, -0.05) is 103 Å². The normalized spacial score (nSPS) is 11.4. The summed E-state index contributed by atoms with van der Waals surface area (Å²) in [6.07, 6.45) is 3.53. The second kappa shape index (κ2) is 9.58. The van der Waals surface area contributed by atoms with E-state index in [1.165, 1.54) is 38.5 Å². The molecule has 0 aliphatic heterocycles. The average Bonchev–Trinajstić information content (AvgIpc) is 3.39. The third-order valence-electron chi connectivity index (χ3n) is 7.97. The summed E-state index contributed by atoms with van der Waals surface area (Å²) in [6.45, 7) is 0. The van der Waals surface area contributed by atoms with Gasteiger partial charge < -0.3 is 4.57 Å². The molecule has 0 spiro atoms. The highest BCUT2D eigenvalue weighted by molar-refractivity contribution is 6.09. The number of aromatic nitrogens is 3. The van der Waals surface area contributed by atoms with E-state index in [9.17, 15) is 0 Å². The van der Waals surface area contributed by atoms with Gasteiger partial charge in [-0.15, -0.1) is 0 Å². The van der Waals surface area contributed by atoms with Gasteiger partial charge in [-0.25, -0.2) is 9.97 Å². The summed E-state index contributed by atoms with van der Waals surface area (Å²) in [5.74, 6) is 0. The first-order valence-electron chi connectivity index (χ1n) is 13.8. The van der Waals surface area contributed by atoms with Crippen molar-refractivity contribution in [2.24, 2.45) is 0 Å². The molecule has 6 aromatic carbocycles. The van der Waals surface area contributed by atoms with Gasteiger partial charge >= 0.3 is 0 Å². The number of fused-ring (bicyclic) bond motifs is 4. The molecule has 0 aliphatic rings. The molecular formula is C38H25N3. The molecule has 41 heavy (non-hydrogen) atoms. The van der Waals surface area contributed by atoms with Crippen molar-refractivity contribution in [1.29, 1.82) is 0 Å². The van der Waals surface area contributed by atoms with Gasteiger partial charge in [0.05, 0.1) is 16.6 Å². The Balaban J connectivity index is 1.17.